The van der Waals surface area contributed by atoms with Crippen molar-refractivity contribution in [1.29, 1.82) is 0 Å². The highest BCUT2D eigenvalue weighted by Gasteiger charge is 2.11. The first-order valence-electron chi connectivity index (χ1n) is 7.06. The lowest BCUT2D eigenvalue weighted by atomic mass is 9.80. The van der Waals surface area contributed by atoms with E-state index in [1.54, 1.807) is 30.6 Å². The summed E-state index contributed by atoms with van der Waals surface area (Å²) in [6.07, 6.45) is 1.71. The number of methoxy groups -OCH3 is 1. The molecule has 0 aliphatic heterocycles. The average molecular weight is 310 g/mol. The van der Waals surface area contributed by atoms with Crippen LogP contribution in [0.25, 0.3) is 11.0 Å². The molecule has 0 radical (unpaired) electrons. The highest BCUT2D eigenvalue weighted by molar-refractivity contribution is 6.58. The summed E-state index contributed by atoms with van der Waals surface area (Å²) in [6, 6.07) is 12.3. The van der Waals surface area contributed by atoms with Gasteiger partial charge in [0.15, 0.2) is 0 Å². The highest BCUT2D eigenvalue weighted by Crippen LogP contribution is 2.17. The number of hydrogen-bond acceptors (Lipinski definition) is 5. The third kappa shape index (κ3) is 3.11. The molecule has 0 spiro atoms. The van der Waals surface area contributed by atoms with Crippen LogP contribution < -0.4 is 5.46 Å². The number of rotatable bonds is 4. The van der Waals surface area contributed by atoms with Crippen molar-refractivity contribution < 1.29 is 19.6 Å². The van der Waals surface area contributed by atoms with Gasteiger partial charge in [0.1, 0.15) is 0 Å². The highest BCUT2D eigenvalue weighted by atomic mass is 16.5. The zero-order valence-electron chi connectivity index (χ0n) is 12.5. The van der Waals surface area contributed by atoms with E-state index in [9.17, 15) is 4.79 Å². The quantitative estimate of drug-likeness (QED) is 0.543. The van der Waals surface area contributed by atoms with Gasteiger partial charge in [-0.05, 0) is 29.2 Å². The lowest BCUT2D eigenvalue weighted by Crippen LogP contribution is -2.29. The Bertz CT molecular complexity index is 843. The molecule has 116 valence electrons. The van der Waals surface area contributed by atoms with E-state index in [4.69, 9.17) is 14.8 Å². The molecule has 0 saturated carbocycles. The molecule has 0 unspecified atom stereocenters. The molecule has 23 heavy (non-hydrogen) atoms. The molecule has 3 aromatic rings. The van der Waals surface area contributed by atoms with Crippen molar-refractivity contribution >= 4 is 29.6 Å². The van der Waals surface area contributed by atoms with Crippen LogP contribution in [-0.4, -0.2) is 39.8 Å². The van der Waals surface area contributed by atoms with Crippen molar-refractivity contribution in [3.05, 3.63) is 59.9 Å². The lowest BCUT2D eigenvalue weighted by Gasteiger charge is -2.06. The molecule has 2 N–H and O–H groups in total. The van der Waals surface area contributed by atoms with E-state index in [1.165, 1.54) is 7.11 Å². The number of benzene rings is 2. The Labute approximate surface area is 133 Å². The minimum absolute atomic E-state index is 0.389. The second kappa shape index (κ2) is 6.24. The molecule has 2 aromatic carbocycles. The Hall–Kier alpha value is -2.64. The fourth-order valence-electron chi connectivity index (χ4n) is 2.43. The minimum atomic E-state index is -1.46. The van der Waals surface area contributed by atoms with E-state index in [-0.39, 0.29) is 5.97 Å². The molecule has 6 nitrogen and oxygen atoms in total. The predicted molar refractivity (Wildman–Crippen MR) is 86.4 cm³/mol. The standard InChI is InChI=1S/C16H15BN2O4/c1-23-16(20)12-4-7-15-14(8-12)18-10-19(15)9-11-2-5-13(6-3-11)17(21)22/h2-8,10,21-22H,9H2,1H3. The Morgan fingerprint density at radius 1 is 1.22 bits per heavy atom. The van der Waals surface area contributed by atoms with E-state index in [0.29, 0.717) is 17.6 Å². The lowest BCUT2D eigenvalue weighted by molar-refractivity contribution is 0.0601. The van der Waals surface area contributed by atoms with Gasteiger partial charge >= 0.3 is 13.1 Å². The van der Waals surface area contributed by atoms with Gasteiger partial charge in [0, 0.05) is 6.54 Å². The van der Waals surface area contributed by atoms with Crippen LogP contribution in [0, 0.1) is 0 Å². The van der Waals surface area contributed by atoms with Crippen molar-refractivity contribution in [2.75, 3.05) is 7.11 Å². The Morgan fingerprint density at radius 3 is 2.61 bits per heavy atom. The van der Waals surface area contributed by atoms with Gasteiger partial charge in [-0.3, -0.25) is 0 Å². The maximum Gasteiger partial charge on any atom is 0.488 e. The van der Waals surface area contributed by atoms with E-state index in [2.05, 4.69) is 4.98 Å². The van der Waals surface area contributed by atoms with Gasteiger partial charge in [-0.1, -0.05) is 24.3 Å². The minimum Gasteiger partial charge on any atom is -0.465 e. The molecule has 1 heterocycles. The van der Waals surface area contributed by atoms with Gasteiger partial charge in [-0.25, -0.2) is 9.78 Å². The van der Waals surface area contributed by atoms with Crippen molar-refractivity contribution in [2.45, 2.75) is 6.54 Å². The van der Waals surface area contributed by atoms with Gasteiger partial charge in [0.2, 0.25) is 0 Å². The normalized spacial score (nSPS) is 10.7. The van der Waals surface area contributed by atoms with Crippen LogP contribution in [-0.2, 0) is 11.3 Å². The maximum atomic E-state index is 11.5. The van der Waals surface area contributed by atoms with Gasteiger partial charge in [-0.15, -0.1) is 0 Å². The fraction of sp³-hybridized carbons (Fsp3) is 0.125. The van der Waals surface area contributed by atoms with Crippen LogP contribution in [0.15, 0.2) is 48.8 Å². The third-order valence-electron chi connectivity index (χ3n) is 3.67. The second-order valence-corrected chi connectivity index (χ2v) is 5.18. The topological polar surface area (TPSA) is 84.6 Å². The summed E-state index contributed by atoms with van der Waals surface area (Å²) in [5.41, 5.74) is 3.54. The average Bonchev–Trinajstić information content (AvgIpc) is 2.96. The number of fused-ring (bicyclic) bond motifs is 1. The third-order valence-corrected chi connectivity index (χ3v) is 3.67. The van der Waals surface area contributed by atoms with Crippen molar-refractivity contribution in [3.63, 3.8) is 0 Å². The molecule has 7 heteroatoms. The first-order valence-corrected chi connectivity index (χ1v) is 7.06. The van der Waals surface area contributed by atoms with Crippen molar-refractivity contribution in [2.24, 2.45) is 0 Å². The summed E-state index contributed by atoms with van der Waals surface area (Å²) in [7, 11) is -0.118. The molecule has 0 atom stereocenters. The second-order valence-electron chi connectivity index (χ2n) is 5.18. The first-order chi connectivity index (χ1) is 11.1. The number of hydrogen-bond donors (Lipinski definition) is 2. The zero-order valence-corrected chi connectivity index (χ0v) is 12.5. The molecular weight excluding hydrogens is 295 g/mol. The Kier molecular flexibility index (Phi) is 4.14. The summed E-state index contributed by atoms with van der Waals surface area (Å²) >= 11 is 0. The first kappa shape index (κ1) is 15.3. The van der Waals surface area contributed by atoms with Crippen molar-refractivity contribution in [3.8, 4) is 0 Å². The molecule has 0 saturated heterocycles. The number of ether oxygens (including phenoxy) is 1. The molecular formula is C16H15BN2O4. The molecule has 0 fully saturated rings. The van der Waals surface area contributed by atoms with E-state index < -0.39 is 7.12 Å². The molecule has 0 aliphatic rings. The SMILES string of the molecule is COC(=O)c1ccc2c(c1)ncn2Cc1ccc(B(O)O)cc1. The number of esters is 1. The van der Waals surface area contributed by atoms with E-state index in [1.807, 2.05) is 22.8 Å². The summed E-state index contributed by atoms with van der Waals surface area (Å²) < 4.78 is 6.66. The number of carbonyl (C=O) groups excluding carboxylic acids is 1. The summed E-state index contributed by atoms with van der Waals surface area (Å²) in [5.74, 6) is -0.389. The number of imidazole rings is 1. The molecule has 0 bridgehead atoms. The maximum absolute atomic E-state index is 11.5. The summed E-state index contributed by atoms with van der Waals surface area (Å²) in [4.78, 5) is 15.9. The van der Waals surface area contributed by atoms with Crippen LogP contribution in [0.3, 0.4) is 0 Å². The van der Waals surface area contributed by atoms with Gasteiger partial charge in [0.05, 0.1) is 30.0 Å². The van der Waals surface area contributed by atoms with Crippen LogP contribution in [0.1, 0.15) is 15.9 Å². The summed E-state index contributed by atoms with van der Waals surface area (Å²) in [6.45, 7) is 0.593. The zero-order chi connectivity index (χ0) is 16.4. The van der Waals surface area contributed by atoms with Crippen LogP contribution >= 0.6 is 0 Å². The molecule has 0 amide bonds. The molecule has 0 aliphatic carbocycles. The van der Waals surface area contributed by atoms with Crippen LogP contribution in [0.4, 0.5) is 0 Å². The Morgan fingerprint density at radius 2 is 1.96 bits per heavy atom. The van der Waals surface area contributed by atoms with E-state index >= 15 is 0 Å². The smallest absolute Gasteiger partial charge is 0.465 e. The predicted octanol–water partition coefficient (Wildman–Crippen LogP) is 0.551. The fourth-order valence-corrected chi connectivity index (χ4v) is 2.43. The van der Waals surface area contributed by atoms with Crippen molar-refractivity contribution in [1.82, 2.24) is 9.55 Å². The number of nitrogens with zero attached hydrogens (tertiary/aromatic N) is 2. The number of aromatic nitrogens is 2. The molecule has 3 rings (SSSR count). The summed E-state index contributed by atoms with van der Waals surface area (Å²) in [5, 5.41) is 18.2. The van der Waals surface area contributed by atoms with Gasteiger partial charge < -0.3 is 19.4 Å². The van der Waals surface area contributed by atoms with Gasteiger partial charge in [-0.2, -0.15) is 0 Å². The van der Waals surface area contributed by atoms with Crippen LogP contribution in [0.2, 0.25) is 0 Å². The number of carbonyl (C=O) groups is 1. The van der Waals surface area contributed by atoms with Crippen LogP contribution in [0.5, 0.6) is 0 Å². The van der Waals surface area contributed by atoms with E-state index in [0.717, 1.165) is 16.6 Å². The largest absolute Gasteiger partial charge is 0.488 e. The van der Waals surface area contributed by atoms with Gasteiger partial charge in [0.25, 0.3) is 0 Å². The monoisotopic (exact) mass is 310 g/mol. The Balaban J connectivity index is 1.87. The molecule has 1 aromatic heterocycles.